The molecule has 0 aromatic heterocycles. The zero-order valence-corrected chi connectivity index (χ0v) is 13.3. The van der Waals surface area contributed by atoms with Gasteiger partial charge >= 0.3 is 0 Å². The van der Waals surface area contributed by atoms with Crippen LogP contribution in [-0.4, -0.2) is 6.04 Å². The van der Waals surface area contributed by atoms with E-state index in [0.29, 0.717) is 11.5 Å². The summed E-state index contributed by atoms with van der Waals surface area (Å²) in [6.07, 6.45) is 9.51. The molecule has 5 rings (SSSR count). The summed E-state index contributed by atoms with van der Waals surface area (Å²) in [4.78, 5) is 0. The first-order chi connectivity index (χ1) is 10.2. The lowest BCUT2D eigenvalue weighted by Crippen LogP contribution is -2.58. The minimum absolute atomic E-state index is 0.366. The number of nitrogens with one attached hydrogen (secondary N) is 1. The maximum Gasteiger partial charge on any atom is 0.0438 e. The second-order valence-electron chi connectivity index (χ2n) is 7.79. The van der Waals surface area contributed by atoms with Crippen LogP contribution in [0.15, 0.2) is 24.3 Å². The molecule has 0 amide bonds. The Morgan fingerprint density at radius 2 is 1.67 bits per heavy atom. The SMILES string of the molecule is NNC(Cc1ccccc1Cl)C12CC3CC(CC(C3)C1)C2. The van der Waals surface area contributed by atoms with Gasteiger partial charge in [0.15, 0.2) is 0 Å². The van der Waals surface area contributed by atoms with Gasteiger partial charge in [0.25, 0.3) is 0 Å². The highest BCUT2D eigenvalue weighted by Gasteiger charge is 2.53. The van der Waals surface area contributed by atoms with Gasteiger partial charge in [-0.15, -0.1) is 0 Å². The molecule has 0 aliphatic heterocycles. The molecule has 0 radical (unpaired) electrons. The summed E-state index contributed by atoms with van der Waals surface area (Å²) in [5.74, 6) is 8.87. The van der Waals surface area contributed by atoms with Crippen molar-refractivity contribution in [2.75, 3.05) is 0 Å². The molecule has 4 aliphatic rings. The van der Waals surface area contributed by atoms with E-state index in [9.17, 15) is 0 Å². The van der Waals surface area contributed by atoms with E-state index in [1.54, 1.807) is 0 Å². The van der Waals surface area contributed by atoms with Gasteiger partial charge in [0, 0.05) is 11.1 Å². The number of halogens is 1. The van der Waals surface area contributed by atoms with Gasteiger partial charge in [-0.25, -0.2) is 0 Å². The Labute approximate surface area is 132 Å². The van der Waals surface area contributed by atoms with Gasteiger partial charge in [-0.05, 0) is 79.7 Å². The topological polar surface area (TPSA) is 38.0 Å². The van der Waals surface area contributed by atoms with Crippen LogP contribution in [0.2, 0.25) is 5.02 Å². The van der Waals surface area contributed by atoms with E-state index in [1.807, 2.05) is 12.1 Å². The van der Waals surface area contributed by atoms with Crippen molar-refractivity contribution in [3.63, 3.8) is 0 Å². The van der Waals surface area contributed by atoms with Crippen molar-refractivity contribution in [3.05, 3.63) is 34.9 Å². The van der Waals surface area contributed by atoms with Crippen molar-refractivity contribution in [3.8, 4) is 0 Å². The Morgan fingerprint density at radius 1 is 1.10 bits per heavy atom. The van der Waals surface area contributed by atoms with Crippen LogP contribution >= 0.6 is 11.6 Å². The molecule has 0 saturated heterocycles. The van der Waals surface area contributed by atoms with Gasteiger partial charge < -0.3 is 0 Å². The van der Waals surface area contributed by atoms with Crippen LogP contribution in [0.1, 0.15) is 44.1 Å². The molecule has 3 heteroatoms. The summed E-state index contributed by atoms with van der Waals surface area (Å²) >= 11 is 6.36. The second kappa shape index (κ2) is 5.26. The molecule has 4 fully saturated rings. The first-order valence-corrected chi connectivity index (χ1v) is 8.76. The van der Waals surface area contributed by atoms with Crippen LogP contribution in [-0.2, 0) is 6.42 Å². The summed E-state index contributed by atoms with van der Waals surface area (Å²) in [6, 6.07) is 8.58. The molecular formula is C18H25ClN2. The molecule has 0 heterocycles. The third-order valence-corrected chi connectivity index (χ3v) is 6.78. The van der Waals surface area contributed by atoms with Crippen LogP contribution in [0.3, 0.4) is 0 Å². The fraction of sp³-hybridized carbons (Fsp3) is 0.667. The molecule has 1 aromatic rings. The van der Waals surface area contributed by atoms with Crippen LogP contribution in [0.4, 0.5) is 0 Å². The van der Waals surface area contributed by atoms with Crippen LogP contribution in [0, 0.1) is 23.2 Å². The Morgan fingerprint density at radius 3 is 2.19 bits per heavy atom. The zero-order valence-electron chi connectivity index (χ0n) is 12.5. The first kappa shape index (κ1) is 14.0. The highest BCUT2D eigenvalue weighted by molar-refractivity contribution is 6.31. The first-order valence-electron chi connectivity index (χ1n) is 8.38. The minimum Gasteiger partial charge on any atom is -0.271 e. The van der Waals surface area contributed by atoms with Gasteiger partial charge in [0.05, 0.1) is 0 Å². The fourth-order valence-electron chi connectivity index (χ4n) is 5.94. The van der Waals surface area contributed by atoms with Crippen LogP contribution in [0.5, 0.6) is 0 Å². The molecule has 1 atom stereocenters. The van der Waals surface area contributed by atoms with E-state index in [4.69, 9.17) is 17.4 Å². The predicted octanol–water partition coefficient (Wildman–Crippen LogP) is 3.93. The van der Waals surface area contributed by atoms with Crippen molar-refractivity contribution in [1.82, 2.24) is 5.43 Å². The Hall–Kier alpha value is -0.570. The Kier molecular flexibility index (Phi) is 3.52. The third-order valence-electron chi connectivity index (χ3n) is 6.41. The molecule has 4 bridgehead atoms. The lowest BCUT2D eigenvalue weighted by molar-refractivity contribution is -0.0737. The van der Waals surface area contributed by atoms with E-state index in [2.05, 4.69) is 17.6 Å². The van der Waals surface area contributed by atoms with E-state index >= 15 is 0 Å². The van der Waals surface area contributed by atoms with Crippen LogP contribution in [0.25, 0.3) is 0 Å². The molecule has 1 aromatic carbocycles. The largest absolute Gasteiger partial charge is 0.271 e. The molecule has 2 nitrogen and oxygen atoms in total. The number of rotatable bonds is 4. The predicted molar refractivity (Wildman–Crippen MR) is 86.9 cm³/mol. The summed E-state index contributed by atoms with van der Waals surface area (Å²) in [7, 11) is 0. The number of hydrogen-bond donors (Lipinski definition) is 2. The highest BCUT2D eigenvalue weighted by atomic mass is 35.5. The maximum atomic E-state index is 6.36. The molecule has 114 valence electrons. The molecule has 3 N–H and O–H groups in total. The van der Waals surface area contributed by atoms with Gasteiger partial charge in [-0.1, -0.05) is 29.8 Å². The average molecular weight is 305 g/mol. The maximum absolute atomic E-state index is 6.36. The number of hydrogen-bond acceptors (Lipinski definition) is 2. The van der Waals surface area contributed by atoms with E-state index in [-0.39, 0.29) is 0 Å². The normalized spacial score (nSPS) is 38.7. The second-order valence-corrected chi connectivity index (χ2v) is 8.20. The van der Waals surface area contributed by atoms with Gasteiger partial charge in [0.2, 0.25) is 0 Å². The Bertz CT molecular complexity index is 492. The highest BCUT2D eigenvalue weighted by Crippen LogP contribution is 2.61. The average Bonchev–Trinajstić information content (AvgIpc) is 2.44. The van der Waals surface area contributed by atoms with E-state index in [1.165, 1.54) is 44.1 Å². The van der Waals surface area contributed by atoms with Gasteiger partial charge in [0.1, 0.15) is 0 Å². The number of nitrogens with two attached hydrogens (primary N) is 1. The van der Waals surface area contributed by atoms with Gasteiger partial charge in [-0.2, -0.15) is 0 Å². The minimum atomic E-state index is 0.366. The van der Waals surface area contributed by atoms with Crippen molar-refractivity contribution in [2.24, 2.45) is 29.0 Å². The summed E-state index contributed by atoms with van der Waals surface area (Å²) in [6.45, 7) is 0. The number of benzene rings is 1. The summed E-state index contributed by atoms with van der Waals surface area (Å²) in [5.41, 5.74) is 4.83. The molecule has 0 spiro atoms. The Balaban J connectivity index is 1.60. The van der Waals surface area contributed by atoms with Crippen molar-refractivity contribution < 1.29 is 0 Å². The fourth-order valence-corrected chi connectivity index (χ4v) is 6.15. The summed E-state index contributed by atoms with van der Waals surface area (Å²) < 4.78 is 0. The van der Waals surface area contributed by atoms with E-state index < -0.39 is 0 Å². The van der Waals surface area contributed by atoms with Crippen molar-refractivity contribution in [2.45, 2.75) is 51.0 Å². The van der Waals surface area contributed by atoms with Crippen molar-refractivity contribution in [1.29, 1.82) is 0 Å². The summed E-state index contributed by atoms with van der Waals surface area (Å²) in [5, 5.41) is 0.877. The standard InChI is InChI=1S/C18H25ClN2/c19-16-4-2-1-3-15(16)8-17(21-20)18-9-12-5-13(10-18)7-14(6-12)11-18/h1-4,12-14,17,21H,5-11,20H2. The molecular weight excluding hydrogens is 280 g/mol. The van der Waals surface area contributed by atoms with E-state index in [0.717, 1.165) is 29.2 Å². The monoisotopic (exact) mass is 304 g/mol. The molecule has 1 unspecified atom stereocenters. The zero-order chi connectivity index (χ0) is 14.4. The number of hydrazine groups is 1. The lowest BCUT2D eigenvalue weighted by atomic mass is 9.47. The molecule has 4 saturated carbocycles. The smallest absolute Gasteiger partial charge is 0.0438 e. The molecule has 4 aliphatic carbocycles. The van der Waals surface area contributed by atoms with Crippen molar-refractivity contribution >= 4 is 11.6 Å². The molecule has 21 heavy (non-hydrogen) atoms. The van der Waals surface area contributed by atoms with Crippen LogP contribution < -0.4 is 11.3 Å². The van der Waals surface area contributed by atoms with Gasteiger partial charge in [-0.3, -0.25) is 11.3 Å². The lowest BCUT2D eigenvalue weighted by Gasteiger charge is -2.59. The quantitative estimate of drug-likeness (QED) is 0.653. The third kappa shape index (κ3) is 2.42.